The largest absolute Gasteiger partial charge is 0.481 e. The van der Waals surface area contributed by atoms with Gasteiger partial charge in [0.25, 0.3) is 5.91 Å². The maximum Gasteiger partial charge on any atom is 0.318 e. The monoisotopic (exact) mass is 510 g/mol. The quantitative estimate of drug-likeness (QED) is 0.191. The number of oxime groups is 1. The van der Waals surface area contributed by atoms with Crippen LogP contribution in [0.15, 0.2) is 5.16 Å². The fourth-order valence-electron chi connectivity index (χ4n) is 5.75. The highest BCUT2D eigenvalue weighted by Gasteiger charge is 2.60. The Labute approximate surface area is 204 Å². The number of rotatable bonds is 7. The maximum absolute atomic E-state index is 13.0. The number of nitrogen functional groups attached to an aromatic ring is 1. The Bertz CT molecular complexity index is 1030. The van der Waals surface area contributed by atoms with Crippen molar-refractivity contribution in [3.05, 3.63) is 5.82 Å². The van der Waals surface area contributed by atoms with Crippen LogP contribution in [0.5, 0.6) is 0 Å². The van der Waals surface area contributed by atoms with Crippen LogP contribution in [-0.2, 0) is 19.2 Å². The van der Waals surface area contributed by atoms with Crippen molar-refractivity contribution in [1.82, 2.24) is 19.6 Å². The summed E-state index contributed by atoms with van der Waals surface area (Å²) in [7, 11) is 1.29. The van der Waals surface area contributed by atoms with Crippen LogP contribution in [0.25, 0.3) is 0 Å². The molecule has 5 aliphatic heterocycles. The van der Waals surface area contributed by atoms with Gasteiger partial charge < -0.3 is 30.4 Å². The number of β-lactam (4-membered cyclic amide) rings is 1. The molecule has 2 amide bonds. The summed E-state index contributed by atoms with van der Waals surface area (Å²) in [6, 6.07) is -0.778. The number of anilines is 1. The first-order valence-electron chi connectivity index (χ1n) is 11.3. The molecule has 5 saturated heterocycles. The van der Waals surface area contributed by atoms with E-state index >= 15 is 0 Å². The van der Waals surface area contributed by atoms with Crippen LogP contribution in [0.1, 0.15) is 25.1 Å². The van der Waals surface area contributed by atoms with E-state index in [0.29, 0.717) is 12.3 Å². The summed E-state index contributed by atoms with van der Waals surface area (Å²) >= 11 is 2.34. The smallest absolute Gasteiger partial charge is 0.318 e. The van der Waals surface area contributed by atoms with Crippen molar-refractivity contribution in [2.45, 2.75) is 30.7 Å². The average molecular weight is 511 g/mol. The van der Waals surface area contributed by atoms with Crippen molar-refractivity contribution in [1.29, 1.82) is 0 Å². The number of quaternary nitrogens is 1. The number of fused-ring (bicyclic) bond motifs is 4. The van der Waals surface area contributed by atoms with Crippen molar-refractivity contribution in [2.24, 2.45) is 16.5 Å². The first-order chi connectivity index (χ1) is 16.3. The Morgan fingerprint density at radius 2 is 2.06 bits per heavy atom. The van der Waals surface area contributed by atoms with E-state index in [2.05, 4.69) is 19.8 Å². The van der Waals surface area contributed by atoms with Gasteiger partial charge >= 0.3 is 5.97 Å². The van der Waals surface area contributed by atoms with E-state index in [0.717, 1.165) is 60.8 Å². The molecule has 0 radical (unpaired) electrons. The second-order valence-electron chi connectivity index (χ2n) is 9.69. The van der Waals surface area contributed by atoms with Crippen LogP contribution in [0.3, 0.4) is 0 Å². The average Bonchev–Trinajstić information content (AvgIpc) is 3.27. The number of carbonyl (C=O) groups is 3. The van der Waals surface area contributed by atoms with Gasteiger partial charge in [0, 0.05) is 23.8 Å². The van der Waals surface area contributed by atoms with Gasteiger partial charge in [0.1, 0.15) is 23.9 Å². The number of nitrogens with zero attached hydrogens (tertiary/aromatic N) is 5. The zero-order chi connectivity index (χ0) is 24.1. The molecule has 6 heterocycles. The molecule has 3 atom stereocenters. The number of hydrogen-bond acceptors (Lipinski definition) is 10. The normalized spacial score (nSPS) is 34.9. The van der Waals surface area contributed by atoms with Crippen LogP contribution in [0.4, 0.5) is 5.13 Å². The molecule has 5 fully saturated rings. The van der Waals surface area contributed by atoms with Crippen LogP contribution in [-0.4, -0.2) is 104 Å². The van der Waals surface area contributed by atoms with Crippen molar-refractivity contribution < 1.29 is 28.8 Å². The minimum atomic E-state index is -0.985. The van der Waals surface area contributed by atoms with E-state index in [-0.39, 0.29) is 34.5 Å². The van der Waals surface area contributed by atoms with Crippen molar-refractivity contribution >= 4 is 51.9 Å². The highest BCUT2D eigenvalue weighted by molar-refractivity contribution is 8.00. The third kappa shape index (κ3) is 3.90. The number of nitrogens with two attached hydrogens (primary N) is 1. The van der Waals surface area contributed by atoms with E-state index in [9.17, 15) is 19.5 Å². The summed E-state index contributed by atoms with van der Waals surface area (Å²) in [6.07, 6.45) is 3.48. The van der Waals surface area contributed by atoms with Crippen molar-refractivity contribution in [3.63, 3.8) is 0 Å². The Morgan fingerprint density at radius 1 is 1.35 bits per heavy atom. The van der Waals surface area contributed by atoms with Gasteiger partial charge in [0.15, 0.2) is 5.13 Å². The van der Waals surface area contributed by atoms with Gasteiger partial charge in [-0.15, -0.1) is 11.8 Å². The molecule has 2 bridgehead atoms. The highest BCUT2D eigenvalue weighted by atomic mass is 32.2. The Hall–Kier alpha value is -2.45. The number of aliphatic carboxylic acids is 1. The number of carboxylic acid groups (broad SMARTS) is 1. The van der Waals surface area contributed by atoms with Crippen molar-refractivity contribution in [3.8, 4) is 0 Å². The van der Waals surface area contributed by atoms with Crippen LogP contribution in [0, 0.1) is 11.3 Å². The first kappa shape index (κ1) is 23.3. The lowest BCUT2D eigenvalue weighted by Crippen LogP contribution is -2.76. The minimum absolute atomic E-state index is 0.0193. The van der Waals surface area contributed by atoms with E-state index in [1.54, 1.807) is 4.90 Å². The van der Waals surface area contributed by atoms with Gasteiger partial charge in [0.05, 0.1) is 26.2 Å². The van der Waals surface area contributed by atoms with E-state index < -0.39 is 23.3 Å². The summed E-state index contributed by atoms with van der Waals surface area (Å²) in [4.78, 5) is 48.6. The van der Waals surface area contributed by atoms with Gasteiger partial charge in [-0.05, 0) is 25.2 Å². The molecule has 0 aliphatic carbocycles. The van der Waals surface area contributed by atoms with Crippen LogP contribution < -0.4 is 11.1 Å². The number of hydrogen-bond donors (Lipinski definition) is 3. The first-order valence-corrected chi connectivity index (χ1v) is 13.1. The predicted octanol–water partition coefficient (Wildman–Crippen LogP) is -0.428. The summed E-state index contributed by atoms with van der Waals surface area (Å²) in [5.74, 6) is -0.587. The molecule has 1 unspecified atom stereocenters. The molecule has 1 aromatic rings. The SMILES string of the molecule is CON=C(C(=O)N[C@@H]1C(=O)N2CC(C[N+]34CCC(CC3)CC4)(C(=O)O)CS[C@H]12)c1nsc(N)n1. The lowest BCUT2D eigenvalue weighted by Gasteiger charge is -2.57. The Balaban J connectivity index is 1.27. The molecule has 12 nitrogen and oxygen atoms in total. The molecule has 184 valence electrons. The molecule has 34 heavy (non-hydrogen) atoms. The highest BCUT2D eigenvalue weighted by Crippen LogP contribution is 2.45. The number of carbonyl (C=O) groups excluding carboxylic acids is 2. The van der Waals surface area contributed by atoms with Crippen LogP contribution in [0.2, 0.25) is 0 Å². The molecule has 5 aliphatic rings. The lowest BCUT2D eigenvalue weighted by atomic mass is 9.80. The second kappa shape index (κ2) is 8.64. The van der Waals surface area contributed by atoms with Gasteiger partial charge in [-0.1, -0.05) is 5.16 Å². The molecule has 0 saturated carbocycles. The Kier molecular flexibility index (Phi) is 5.92. The topological polar surface area (TPSA) is 160 Å². The second-order valence-corrected chi connectivity index (χ2v) is 11.6. The zero-order valence-electron chi connectivity index (χ0n) is 18.8. The standard InChI is InChI=1S/C20H27N7O5S2/c1-32-24-12(14-23-19(21)34-25-14)15(28)22-13-16(29)26-8-20(18(30)31,10-33-17(13)26)9-27-5-2-11(3-6-27)4-7-27/h11,13,17H,2-10H2,1H3,(H3-,21,22,23,25,28,30,31)/p+1/t11?,13-,17-,20?,27?/m1/s1. The molecule has 0 aromatic carbocycles. The van der Waals surface area contributed by atoms with Crippen molar-refractivity contribution in [2.75, 3.05) is 51.3 Å². The molecule has 1 aromatic heterocycles. The fourth-order valence-corrected chi connectivity index (χ4v) is 7.72. The molecule has 0 spiro atoms. The van der Waals surface area contributed by atoms with Gasteiger partial charge in [0.2, 0.25) is 17.4 Å². The fraction of sp³-hybridized carbons (Fsp3) is 0.700. The van der Waals surface area contributed by atoms with E-state index in [1.165, 1.54) is 18.9 Å². The number of amides is 2. The van der Waals surface area contributed by atoms with E-state index in [1.807, 2.05) is 0 Å². The summed E-state index contributed by atoms with van der Waals surface area (Å²) in [5, 5.41) is 16.5. The number of thioether (sulfide) groups is 1. The number of aromatic nitrogens is 2. The minimum Gasteiger partial charge on any atom is -0.481 e. The third-order valence-corrected chi connectivity index (χ3v) is 9.74. The molecular formula is C20H28N7O5S2+. The molecule has 6 rings (SSSR count). The summed E-state index contributed by atoms with van der Waals surface area (Å²) in [6.45, 7) is 3.79. The predicted molar refractivity (Wildman–Crippen MR) is 125 cm³/mol. The molecule has 4 N–H and O–H groups in total. The Morgan fingerprint density at radius 3 is 2.65 bits per heavy atom. The number of carboxylic acids is 1. The summed E-state index contributed by atoms with van der Waals surface area (Å²) < 4.78 is 4.83. The van der Waals surface area contributed by atoms with Gasteiger partial charge in [-0.25, -0.2) is 0 Å². The molecular weight excluding hydrogens is 482 g/mol. The third-order valence-electron chi connectivity index (χ3n) is 7.61. The number of piperidine rings is 3. The maximum atomic E-state index is 13.0. The van der Waals surface area contributed by atoms with Crippen LogP contribution >= 0.6 is 23.3 Å². The molecule has 14 heteroatoms. The zero-order valence-corrected chi connectivity index (χ0v) is 20.4. The summed E-state index contributed by atoms with van der Waals surface area (Å²) in [5.41, 5.74) is 4.44. The number of nitrogens with one attached hydrogen (secondary N) is 1. The lowest BCUT2D eigenvalue weighted by molar-refractivity contribution is -0.947. The van der Waals surface area contributed by atoms with E-state index in [4.69, 9.17) is 10.6 Å². The van der Waals surface area contributed by atoms with Gasteiger partial charge in [-0.3, -0.25) is 14.4 Å². The van der Waals surface area contributed by atoms with Gasteiger partial charge in [-0.2, -0.15) is 9.36 Å².